The first kappa shape index (κ1) is 19.3. The van der Waals surface area contributed by atoms with Crippen LogP contribution in [0.2, 0.25) is 0 Å². The van der Waals surface area contributed by atoms with E-state index in [2.05, 4.69) is 20.8 Å². The molecule has 3 aromatic rings. The highest BCUT2D eigenvalue weighted by atomic mass is 16.2. The lowest BCUT2D eigenvalue weighted by atomic mass is 10.2. The van der Waals surface area contributed by atoms with Crippen molar-refractivity contribution in [3.63, 3.8) is 0 Å². The smallest absolute Gasteiger partial charge is 0.272 e. The highest BCUT2D eigenvalue weighted by Gasteiger charge is 2.18. The Labute approximate surface area is 163 Å². The van der Waals surface area contributed by atoms with Crippen LogP contribution in [0.25, 0.3) is 5.69 Å². The van der Waals surface area contributed by atoms with E-state index in [1.807, 2.05) is 55.8 Å². The highest BCUT2D eigenvalue weighted by molar-refractivity contribution is 5.95. The molecule has 2 amide bonds. The van der Waals surface area contributed by atoms with Crippen LogP contribution in [0.15, 0.2) is 36.4 Å². The average Bonchev–Trinajstić information content (AvgIpc) is 3.21. The molecule has 3 rings (SSSR count). The fourth-order valence-corrected chi connectivity index (χ4v) is 3.08. The van der Waals surface area contributed by atoms with E-state index >= 15 is 0 Å². The molecule has 2 aromatic heterocycles. The van der Waals surface area contributed by atoms with Crippen LogP contribution >= 0.6 is 0 Å². The monoisotopic (exact) mass is 380 g/mol. The van der Waals surface area contributed by atoms with Crippen LogP contribution in [0.1, 0.15) is 41.3 Å². The van der Waals surface area contributed by atoms with E-state index in [1.165, 1.54) is 6.92 Å². The molecule has 0 aliphatic heterocycles. The molecule has 0 fully saturated rings. The Morgan fingerprint density at radius 2 is 1.82 bits per heavy atom. The first-order chi connectivity index (χ1) is 13.4. The Kier molecular flexibility index (Phi) is 5.58. The zero-order valence-electron chi connectivity index (χ0n) is 16.5. The second kappa shape index (κ2) is 8.08. The second-order valence-corrected chi connectivity index (χ2v) is 6.49. The van der Waals surface area contributed by atoms with Gasteiger partial charge in [-0.2, -0.15) is 10.2 Å². The number of carbonyl (C=O) groups excluding carboxylic acids is 2. The van der Waals surface area contributed by atoms with Crippen molar-refractivity contribution in [2.45, 2.75) is 40.8 Å². The lowest BCUT2D eigenvalue weighted by molar-refractivity contribution is -0.114. The molecule has 1 aromatic carbocycles. The number of nitrogens with one attached hydrogen (secondary N) is 2. The molecule has 0 spiro atoms. The van der Waals surface area contributed by atoms with Crippen molar-refractivity contribution in [2.75, 3.05) is 5.32 Å². The Bertz CT molecular complexity index is 1000. The summed E-state index contributed by atoms with van der Waals surface area (Å²) in [5.74, 6) is -0.110. The number of benzene rings is 1. The topological polar surface area (TPSA) is 93.8 Å². The van der Waals surface area contributed by atoms with Gasteiger partial charge in [-0.25, -0.2) is 4.68 Å². The number of rotatable bonds is 6. The van der Waals surface area contributed by atoms with Gasteiger partial charge in [0.2, 0.25) is 5.91 Å². The first-order valence-electron chi connectivity index (χ1n) is 9.14. The summed E-state index contributed by atoms with van der Waals surface area (Å²) in [6.45, 7) is 8.51. The van der Waals surface area contributed by atoms with Crippen molar-refractivity contribution >= 4 is 17.6 Å². The van der Waals surface area contributed by atoms with Gasteiger partial charge in [0.15, 0.2) is 5.69 Å². The maximum atomic E-state index is 12.7. The van der Waals surface area contributed by atoms with E-state index in [4.69, 9.17) is 0 Å². The van der Waals surface area contributed by atoms with Crippen molar-refractivity contribution in [3.05, 3.63) is 59.0 Å². The van der Waals surface area contributed by atoms with Crippen molar-refractivity contribution in [3.8, 4) is 5.69 Å². The summed E-state index contributed by atoms with van der Waals surface area (Å²) >= 11 is 0. The first-order valence-corrected chi connectivity index (χ1v) is 9.14. The van der Waals surface area contributed by atoms with E-state index in [0.29, 0.717) is 12.4 Å². The Morgan fingerprint density at radius 1 is 1.11 bits per heavy atom. The van der Waals surface area contributed by atoms with Gasteiger partial charge in [0.05, 0.1) is 11.4 Å². The maximum Gasteiger partial charge on any atom is 0.272 e. The molecule has 0 radical (unpaired) electrons. The van der Waals surface area contributed by atoms with E-state index in [9.17, 15) is 9.59 Å². The number of aromatic nitrogens is 4. The summed E-state index contributed by atoms with van der Waals surface area (Å²) in [7, 11) is 0. The predicted octanol–water partition coefficient (Wildman–Crippen LogP) is 2.59. The molecule has 0 saturated carbocycles. The molecule has 0 saturated heterocycles. The van der Waals surface area contributed by atoms with Gasteiger partial charge >= 0.3 is 0 Å². The molecule has 28 heavy (non-hydrogen) atoms. The van der Waals surface area contributed by atoms with Gasteiger partial charge in [-0.3, -0.25) is 14.3 Å². The lowest BCUT2D eigenvalue weighted by Crippen LogP contribution is -2.24. The number of hydrogen-bond acceptors (Lipinski definition) is 4. The number of hydrogen-bond donors (Lipinski definition) is 2. The largest absolute Gasteiger partial charge is 0.346 e. The molecule has 146 valence electrons. The number of amides is 2. The molecule has 2 N–H and O–H groups in total. The molecule has 8 nitrogen and oxygen atoms in total. The standard InChI is InChI=1S/C20H24N6O2/c1-5-25-14(3)17(13(2)23-25)12-21-20(28)18-11-19(22-15(4)27)26(24-18)16-9-7-6-8-10-16/h6-11H,5,12H2,1-4H3,(H,21,28)(H,22,27). The number of carbonyl (C=O) groups is 2. The number of para-hydroxylation sites is 1. The van der Waals surface area contributed by atoms with E-state index in [-0.39, 0.29) is 17.5 Å². The molecular weight excluding hydrogens is 356 g/mol. The number of aryl methyl sites for hydroxylation is 2. The van der Waals surface area contributed by atoms with Gasteiger partial charge in [-0.05, 0) is 32.9 Å². The zero-order valence-corrected chi connectivity index (χ0v) is 16.5. The van der Waals surface area contributed by atoms with Crippen LogP contribution in [-0.4, -0.2) is 31.4 Å². The average molecular weight is 380 g/mol. The summed E-state index contributed by atoms with van der Waals surface area (Å²) in [6.07, 6.45) is 0. The minimum Gasteiger partial charge on any atom is -0.346 e. The molecule has 0 bridgehead atoms. The molecule has 0 aliphatic carbocycles. The van der Waals surface area contributed by atoms with Crippen LogP contribution in [0.3, 0.4) is 0 Å². The normalized spacial score (nSPS) is 10.7. The van der Waals surface area contributed by atoms with E-state index in [0.717, 1.165) is 29.2 Å². The minimum absolute atomic E-state index is 0.228. The predicted molar refractivity (Wildman–Crippen MR) is 106 cm³/mol. The van der Waals surface area contributed by atoms with Gasteiger partial charge in [0, 0.05) is 37.3 Å². The van der Waals surface area contributed by atoms with Crippen LogP contribution in [0, 0.1) is 13.8 Å². The summed E-state index contributed by atoms with van der Waals surface area (Å²) in [6, 6.07) is 10.9. The highest BCUT2D eigenvalue weighted by Crippen LogP contribution is 2.18. The third-order valence-corrected chi connectivity index (χ3v) is 4.50. The molecule has 8 heteroatoms. The van der Waals surface area contributed by atoms with Crippen molar-refractivity contribution in [2.24, 2.45) is 0 Å². The minimum atomic E-state index is -0.315. The Balaban J connectivity index is 1.83. The van der Waals surface area contributed by atoms with Crippen molar-refractivity contribution in [1.82, 2.24) is 24.9 Å². The third-order valence-electron chi connectivity index (χ3n) is 4.50. The molecule has 2 heterocycles. The SMILES string of the molecule is CCn1nc(C)c(CNC(=O)c2cc(NC(C)=O)n(-c3ccccc3)n2)c1C. The van der Waals surface area contributed by atoms with Crippen LogP contribution in [0.5, 0.6) is 0 Å². The Hall–Kier alpha value is -3.42. The van der Waals surface area contributed by atoms with Crippen LogP contribution in [0.4, 0.5) is 5.82 Å². The van der Waals surface area contributed by atoms with Gasteiger partial charge in [-0.15, -0.1) is 0 Å². The lowest BCUT2D eigenvalue weighted by Gasteiger charge is -2.06. The summed E-state index contributed by atoms with van der Waals surface area (Å²) in [5.41, 5.74) is 3.91. The van der Waals surface area contributed by atoms with Gasteiger partial charge < -0.3 is 10.6 Å². The number of anilines is 1. The summed E-state index contributed by atoms with van der Waals surface area (Å²) in [4.78, 5) is 24.2. The summed E-state index contributed by atoms with van der Waals surface area (Å²) < 4.78 is 3.46. The van der Waals surface area contributed by atoms with Gasteiger partial charge in [0.1, 0.15) is 5.82 Å². The van der Waals surface area contributed by atoms with Crippen LogP contribution in [-0.2, 0) is 17.9 Å². The van der Waals surface area contributed by atoms with E-state index in [1.54, 1.807) is 10.7 Å². The summed E-state index contributed by atoms with van der Waals surface area (Å²) in [5, 5.41) is 14.5. The van der Waals surface area contributed by atoms with Crippen molar-refractivity contribution in [1.29, 1.82) is 0 Å². The molecular formula is C20H24N6O2. The molecule has 0 atom stereocenters. The number of nitrogens with zero attached hydrogens (tertiary/aromatic N) is 4. The zero-order chi connectivity index (χ0) is 20.3. The fourth-order valence-electron chi connectivity index (χ4n) is 3.08. The molecule has 0 aliphatic rings. The van der Waals surface area contributed by atoms with Crippen LogP contribution < -0.4 is 10.6 Å². The van der Waals surface area contributed by atoms with E-state index < -0.39 is 0 Å². The molecule has 0 unspecified atom stereocenters. The quantitative estimate of drug-likeness (QED) is 0.687. The maximum absolute atomic E-state index is 12.7. The third kappa shape index (κ3) is 3.95. The fraction of sp³-hybridized carbons (Fsp3) is 0.300. The second-order valence-electron chi connectivity index (χ2n) is 6.49. The van der Waals surface area contributed by atoms with Gasteiger partial charge in [-0.1, -0.05) is 18.2 Å². The van der Waals surface area contributed by atoms with Crippen molar-refractivity contribution < 1.29 is 9.59 Å². The van der Waals surface area contributed by atoms with Gasteiger partial charge in [0.25, 0.3) is 5.91 Å². The Morgan fingerprint density at radius 3 is 2.43 bits per heavy atom.